The van der Waals surface area contributed by atoms with E-state index in [1.54, 1.807) is 0 Å². The fraction of sp³-hybridized carbons (Fsp3) is 1.00. The topological polar surface area (TPSA) is 29.5 Å². The molecular formula is C13H30O2. The highest BCUT2D eigenvalue weighted by Gasteiger charge is 2.12. The maximum Gasteiger partial charge on any atom is 0.0697 e. The van der Waals surface area contributed by atoms with E-state index >= 15 is 0 Å². The van der Waals surface area contributed by atoms with Crippen LogP contribution in [0.3, 0.4) is 0 Å². The minimum Gasteiger partial charge on any atom is -0.394 e. The van der Waals surface area contributed by atoms with Gasteiger partial charge in [0.05, 0.1) is 13.2 Å². The van der Waals surface area contributed by atoms with Gasteiger partial charge in [-0.05, 0) is 18.8 Å². The second-order valence-corrected chi connectivity index (χ2v) is 3.30. The molecule has 0 atom stereocenters. The van der Waals surface area contributed by atoms with Crippen molar-refractivity contribution in [2.45, 2.75) is 59.8 Å². The molecule has 94 valence electrons. The smallest absolute Gasteiger partial charge is 0.0697 e. The van der Waals surface area contributed by atoms with Gasteiger partial charge < -0.3 is 9.84 Å². The lowest BCUT2D eigenvalue weighted by Crippen LogP contribution is -2.14. The summed E-state index contributed by atoms with van der Waals surface area (Å²) < 4.78 is 5.27. The average molecular weight is 218 g/mol. The summed E-state index contributed by atoms with van der Waals surface area (Å²) in [6, 6.07) is 0. The van der Waals surface area contributed by atoms with Gasteiger partial charge in [-0.2, -0.15) is 0 Å². The van der Waals surface area contributed by atoms with Crippen LogP contribution in [0.5, 0.6) is 0 Å². The van der Waals surface area contributed by atoms with Crippen LogP contribution in [-0.4, -0.2) is 24.9 Å². The number of aliphatic hydroxyl groups is 1. The van der Waals surface area contributed by atoms with Crippen LogP contribution in [0.25, 0.3) is 0 Å². The van der Waals surface area contributed by atoms with Gasteiger partial charge in [-0.15, -0.1) is 0 Å². The Morgan fingerprint density at radius 3 is 2.00 bits per heavy atom. The normalized spacial score (nSPS) is 15.8. The molecule has 1 aliphatic rings. The van der Waals surface area contributed by atoms with Gasteiger partial charge >= 0.3 is 0 Å². The number of hydrogen-bond acceptors (Lipinski definition) is 2. The largest absolute Gasteiger partial charge is 0.394 e. The lowest BCUT2D eigenvalue weighted by Gasteiger charge is -2.20. The molecule has 0 spiro atoms. The Morgan fingerprint density at radius 2 is 1.53 bits per heavy atom. The van der Waals surface area contributed by atoms with E-state index < -0.39 is 0 Å². The van der Waals surface area contributed by atoms with Crippen LogP contribution in [0.15, 0.2) is 0 Å². The number of hydrogen-bond donors (Lipinski definition) is 1. The van der Waals surface area contributed by atoms with Crippen molar-refractivity contribution in [3.8, 4) is 0 Å². The molecular weight excluding hydrogens is 188 g/mol. The third-order valence-corrected chi connectivity index (χ3v) is 2.31. The first-order valence-electron chi connectivity index (χ1n) is 6.62. The molecule has 0 amide bonds. The average Bonchev–Trinajstić information content (AvgIpc) is 2.36. The second kappa shape index (κ2) is 16.4. The monoisotopic (exact) mass is 218 g/mol. The van der Waals surface area contributed by atoms with Crippen LogP contribution in [-0.2, 0) is 4.74 Å². The molecule has 1 fully saturated rings. The summed E-state index contributed by atoms with van der Waals surface area (Å²) in [5.41, 5.74) is 0. The first kappa shape index (κ1) is 17.3. The van der Waals surface area contributed by atoms with Gasteiger partial charge in [0.1, 0.15) is 0 Å². The van der Waals surface area contributed by atoms with Crippen LogP contribution >= 0.6 is 0 Å². The Balaban J connectivity index is 0. The molecule has 0 aliphatic heterocycles. The van der Waals surface area contributed by atoms with E-state index in [0.29, 0.717) is 6.61 Å². The fourth-order valence-electron chi connectivity index (χ4n) is 1.67. The molecule has 0 heterocycles. The SMILES string of the molecule is CC.CC.OCCOCC1CCCCC1. The summed E-state index contributed by atoms with van der Waals surface area (Å²) in [6.07, 6.45) is 6.79. The van der Waals surface area contributed by atoms with Gasteiger partial charge in [0.15, 0.2) is 0 Å². The molecule has 2 heteroatoms. The van der Waals surface area contributed by atoms with Crippen LogP contribution in [0.4, 0.5) is 0 Å². The lowest BCUT2D eigenvalue weighted by atomic mass is 9.90. The summed E-state index contributed by atoms with van der Waals surface area (Å²) >= 11 is 0. The first-order valence-corrected chi connectivity index (χ1v) is 6.62. The molecule has 0 bridgehead atoms. The minimum absolute atomic E-state index is 0.159. The molecule has 0 aromatic carbocycles. The van der Waals surface area contributed by atoms with Gasteiger partial charge in [0.25, 0.3) is 0 Å². The molecule has 0 aromatic rings. The third-order valence-electron chi connectivity index (χ3n) is 2.31. The molecule has 0 unspecified atom stereocenters. The van der Waals surface area contributed by atoms with Crippen LogP contribution in [0.2, 0.25) is 0 Å². The summed E-state index contributed by atoms with van der Waals surface area (Å²) in [5.74, 6) is 0.773. The maximum absolute atomic E-state index is 8.47. The fourth-order valence-corrected chi connectivity index (χ4v) is 1.67. The molecule has 0 radical (unpaired) electrons. The standard InChI is InChI=1S/C9H18O2.2C2H6/c10-6-7-11-8-9-4-2-1-3-5-9;2*1-2/h9-10H,1-8H2;2*1-2H3. The van der Waals surface area contributed by atoms with Crippen molar-refractivity contribution in [2.24, 2.45) is 5.92 Å². The van der Waals surface area contributed by atoms with Crippen molar-refractivity contribution in [1.82, 2.24) is 0 Å². The summed E-state index contributed by atoms with van der Waals surface area (Å²) in [7, 11) is 0. The number of aliphatic hydroxyl groups excluding tert-OH is 1. The Labute approximate surface area is 96.0 Å². The van der Waals surface area contributed by atoms with E-state index in [2.05, 4.69) is 0 Å². The lowest BCUT2D eigenvalue weighted by molar-refractivity contribution is 0.0580. The zero-order valence-corrected chi connectivity index (χ0v) is 11.1. The number of ether oxygens (including phenoxy) is 1. The van der Waals surface area contributed by atoms with E-state index in [0.717, 1.165) is 12.5 Å². The molecule has 1 aliphatic carbocycles. The van der Waals surface area contributed by atoms with Crippen molar-refractivity contribution in [1.29, 1.82) is 0 Å². The molecule has 1 saturated carbocycles. The molecule has 15 heavy (non-hydrogen) atoms. The molecule has 1 rings (SSSR count). The van der Waals surface area contributed by atoms with Crippen LogP contribution < -0.4 is 0 Å². The Bertz CT molecular complexity index is 88.5. The molecule has 1 N–H and O–H groups in total. The van der Waals surface area contributed by atoms with Gasteiger partial charge in [-0.25, -0.2) is 0 Å². The predicted molar refractivity (Wildman–Crippen MR) is 67.2 cm³/mol. The van der Waals surface area contributed by atoms with Crippen LogP contribution in [0.1, 0.15) is 59.8 Å². The predicted octanol–water partition coefficient (Wildman–Crippen LogP) is 3.63. The van der Waals surface area contributed by atoms with E-state index in [-0.39, 0.29) is 6.61 Å². The Morgan fingerprint density at radius 1 is 1.00 bits per heavy atom. The summed E-state index contributed by atoms with van der Waals surface area (Å²) in [6.45, 7) is 9.53. The van der Waals surface area contributed by atoms with Gasteiger partial charge in [-0.3, -0.25) is 0 Å². The molecule has 0 saturated heterocycles. The zero-order valence-electron chi connectivity index (χ0n) is 11.1. The second-order valence-electron chi connectivity index (χ2n) is 3.30. The van der Waals surface area contributed by atoms with Gasteiger partial charge in [0.2, 0.25) is 0 Å². The maximum atomic E-state index is 8.47. The van der Waals surface area contributed by atoms with E-state index in [1.807, 2.05) is 27.7 Å². The van der Waals surface area contributed by atoms with Crippen molar-refractivity contribution in [3.63, 3.8) is 0 Å². The van der Waals surface area contributed by atoms with E-state index in [4.69, 9.17) is 9.84 Å². The Hall–Kier alpha value is -0.0800. The highest BCUT2D eigenvalue weighted by Crippen LogP contribution is 2.23. The first-order chi connectivity index (χ1) is 7.43. The third kappa shape index (κ3) is 11.8. The highest BCUT2D eigenvalue weighted by atomic mass is 16.5. The molecule has 0 aromatic heterocycles. The Kier molecular flexibility index (Phi) is 18.9. The zero-order chi connectivity index (χ0) is 11.9. The van der Waals surface area contributed by atoms with Crippen molar-refractivity contribution < 1.29 is 9.84 Å². The number of rotatable bonds is 4. The van der Waals surface area contributed by atoms with E-state index in [9.17, 15) is 0 Å². The summed E-state index contributed by atoms with van der Waals surface area (Å²) in [4.78, 5) is 0. The quantitative estimate of drug-likeness (QED) is 0.730. The van der Waals surface area contributed by atoms with Crippen LogP contribution in [0, 0.1) is 5.92 Å². The van der Waals surface area contributed by atoms with Crippen molar-refractivity contribution in [2.75, 3.05) is 19.8 Å². The van der Waals surface area contributed by atoms with Gasteiger partial charge in [-0.1, -0.05) is 47.0 Å². The minimum atomic E-state index is 0.159. The van der Waals surface area contributed by atoms with E-state index in [1.165, 1.54) is 32.1 Å². The highest BCUT2D eigenvalue weighted by molar-refractivity contribution is 4.64. The van der Waals surface area contributed by atoms with Gasteiger partial charge in [0, 0.05) is 6.61 Å². The van der Waals surface area contributed by atoms with Crippen molar-refractivity contribution in [3.05, 3.63) is 0 Å². The summed E-state index contributed by atoms with van der Waals surface area (Å²) in [5, 5.41) is 8.47. The molecule has 2 nitrogen and oxygen atoms in total. The van der Waals surface area contributed by atoms with Crippen molar-refractivity contribution >= 4 is 0 Å².